The molecular formula is C22H22N2O2. The van der Waals surface area contributed by atoms with Crippen molar-refractivity contribution in [3.05, 3.63) is 72.3 Å². The molecule has 1 unspecified atom stereocenters. The lowest BCUT2D eigenvalue weighted by Crippen LogP contribution is -2.40. The number of fused-ring (bicyclic) bond motifs is 1. The number of anilines is 1. The number of nitrogens with zero attached hydrogens (tertiary/aromatic N) is 2. The summed E-state index contributed by atoms with van der Waals surface area (Å²) >= 11 is 0. The maximum absolute atomic E-state index is 12.9. The van der Waals surface area contributed by atoms with Crippen LogP contribution in [0.1, 0.15) is 31.7 Å². The zero-order chi connectivity index (χ0) is 18.0. The van der Waals surface area contributed by atoms with Gasteiger partial charge in [-0.15, -0.1) is 0 Å². The molecule has 2 aromatic carbocycles. The van der Waals surface area contributed by atoms with Gasteiger partial charge in [0.05, 0.1) is 23.7 Å². The van der Waals surface area contributed by atoms with E-state index in [1.807, 2.05) is 60.5 Å². The van der Waals surface area contributed by atoms with Gasteiger partial charge in [-0.1, -0.05) is 48.5 Å². The molecule has 2 aliphatic rings. The van der Waals surface area contributed by atoms with Crippen LogP contribution in [0.15, 0.2) is 71.8 Å². The second-order valence-corrected chi connectivity index (χ2v) is 6.64. The largest absolute Gasteiger partial charge is 0.465 e. The molecule has 132 valence electrons. The summed E-state index contributed by atoms with van der Waals surface area (Å²) in [5.74, 6) is -0.183. The molecule has 1 aliphatic carbocycles. The number of para-hydroxylation sites is 1. The second kappa shape index (κ2) is 6.79. The van der Waals surface area contributed by atoms with Crippen LogP contribution in [-0.2, 0) is 9.53 Å². The minimum absolute atomic E-state index is 0.183. The van der Waals surface area contributed by atoms with E-state index in [1.54, 1.807) is 0 Å². The van der Waals surface area contributed by atoms with E-state index in [-0.39, 0.29) is 5.97 Å². The van der Waals surface area contributed by atoms with Crippen LogP contribution in [0, 0.1) is 5.41 Å². The number of carbonyl (C=O) groups excluding carboxylic acids is 1. The number of esters is 1. The Hall–Kier alpha value is -2.88. The Balaban J connectivity index is 1.87. The molecule has 1 heterocycles. The summed E-state index contributed by atoms with van der Waals surface area (Å²) in [6, 6.07) is 20.2. The Kier molecular flexibility index (Phi) is 4.33. The van der Waals surface area contributed by atoms with Gasteiger partial charge in [-0.25, -0.2) is 5.01 Å². The van der Waals surface area contributed by atoms with E-state index in [9.17, 15) is 4.79 Å². The van der Waals surface area contributed by atoms with Crippen LogP contribution in [0.5, 0.6) is 0 Å². The molecule has 0 N–H and O–H groups in total. The maximum atomic E-state index is 12.9. The molecule has 0 saturated heterocycles. The van der Waals surface area contributed by atoms with Crippen molar-refractivity contribution in [3.8, 4) is 0 Å². The van der Waals surface area contributed by atoms with Gasteiger partial charge in [0.2, 0.25) is 0 Å². The van der Waals surface area contributed by atoms with Crippen LogP contribution in [0.3, 0.4) is 0 Å². The smallest absolute Gasteiger partial charge is 0.321 e. The SMILES string of the molecule is CCOC(=O)C12C=C(c3ccccc3)N(c3ccccc3)N=C1CCC2. The molecule has 1 saturated carbocycles. The molecule has 0 aromatic heterocycles. The van der Waals surface area contributed by atoms with E-state index in [1.165, 1.54) is 0 Å². The summed E-state index contributed by atoms with van der Waals surface area (Å²) in [5.41, 5.74) is 3.12. The molecule has 26 heavy (non-hydrogen) atoms. The molecular weight excluding hydrogens is 324 g/mol. The highest BCUT2D eigenvalue weighted by Gasteiger charge is 2.49. The van der Waals surface area contributed by atoms with E-state index in [4.69, 9.17) is 9.84 Å². The number of rotatable bonds is 4. The maximum Gasteiger partial charge on any atom is 0.321 e. The second-order valence-electron chi connectivity index (χ2n) is 6.64. The third-order valence-corrected chi connectivity index (χ3v) is 5.04. The molecule has 4 nitrogen and oxygen atoms in total. The normalized spacial score (nSPS) is 21.7. The van der Waals surface area contributed by atoms with Gasteiger partial charge in [0.15, 0.2) is 0 Å². The zero-order valence-electron chi connectivity index (χ0n) is 14.9. The molecule has 0 amide bonds. The van der Waals surface area contributed by atoms with Gasteiger partial charge in [-0.05, 0) is 50.0 Å². The summed E-state index contributed by atoms with van der Waals surface area (Å²) < 4.78 is 5.43. The van der Waals surface area contributed by atoms with Crippen molar-refractivity contribution in [1.29, 1.82) is 0 Å². The number of hydrogen-bond acceptors (Lipinski definition) is 4. The number of benzene rings is 2. The Bertz CT molecular complexity index is 858. The third kappa shape index (κ3) is 2.71. The topological polar surface area (TPSA) is 41.9 Å². The van der Waals surface area contributed by atoms with Crippen LogP contribution >= 0.6 is 0 Å². The van der Waals surface area contributed by atoms with Crippen molar-refractivity contribution in [2.45, 2.75) is 26.2 Å². The van der Waals surface area contributed by atoms with Gasteiger partial charge in [0.25, 0.3) is 0 Å². The van der Waals surface area contributed by atoms with Crippen molar-refractivity contribution in [2.24, 2.45) is 10.5 Å². The molecule has 2 aromatic rings. The van der Waals surface area contributed by atoms with Gasteiger partial charge in [-0.3, -0.25) is 4.79 Å². The van der Waals surface area contributed by atoms with Crippen molar-refractivity contribution in [2.75, 3.05) is 11.6 Å². The van der Waals surface area contributed by atoms with Gasteiger partial charge in [0.1, 0.15) is 5.41 Å². The summed E-state index contributed by atoms with van der Waals surface area (Å²) in [4.78, 5) is 12.9. The average Bonchev–Trinajstić information content (AvgIpc) is 3.13. The number of hydrazone groups is 1. The molecule has 0 spiro atoms. The van der Waals surface area contributed by atoms with E-state index in [0.29, 0.717) is 6.61 Å². The van der Waals surface area contributed by atoms with Crippen LogP contribution in [-0.4, -0.2) is 18.3 Å². The van der Waals surface area contributed by atoms with Crippen molar-refractivity contribution >= 4 is 23.1 Å². The van der Waals surface area contributed by atoms with Crippen molar-refractivity contribution < 1.29 is 9.53 Å². The third-order valence-electron chi connectivity index (χ3n) is 5.04. The van der Waals surface area contributed by atoms with E-state index < -0.39 is 5.41 Å². The van der Waals surface area contributed by atoms with Crippen LogP contribution < -0.4 is 5.01 Å². The van der Waals surface area contributed by atoms with E-state index in [2.05, 4.69) is 18.2 Å². The Morgan fingerprint density at radius 1 is 1.12 bits per heavy atom. The number of hydrogen-bond donors (Lipinski definition) is 0. The lowest BCUT2D eigenvalue weighted by atomic mass is 9.81. The molecule has 4 rings (SSSR count). The standard InChI is InChI=1S/C22H22N2O2/c1-2-26-21(25)22-15-9-14-20(22)23-24(18-12-7-4-8-13-18)19(16-22)17-10-5-3-6-11-17/h3-8,10-13,16H,2,9,14-15H2,1H3. The molecule has 1 fully saturated rings. The summed E-state index contributed by atoms with van der Waals surface area (Å²) in [7, 11) is 0. The minimum atomic E-state index is -0.730. The fraction of sp³-hybridized carbons (Fsp3) is 0.273. The molecule has 0 radical (unpaired) electrons. The first-order valence-corrected chi connectivity index (χ1v) is 9.13. The van der Waals surface area contributed by atoms with Crippen LogP contribution in [0.25, 0.3) is 5.70 Å². The van der Waals surface area contributed by atoms with Gasteiger partial charge in [0, 0.05) is 0 Å². The molecule has 1 aliphatic heterocycles. The van der Waals surface area contributed by atoms with Crippen LogP contribution in [0.4, 0.5) is 5.69 Å². The predicted molar refractivity (Wildman–Crippen MR) is 104 cm³/mol. The molecule has 4 heteroatoms. The summed E-state index contributed by atoms with van der Waals surface area (Å²) in [6.07, 6.45) is 4.59. The van der Waals surface area contributed by atoms with E-state index >= 15 is 0 Å². The highest BCUT2D eigenvalue weighted by Crippen LogP contribution is 2.45. The Morgan fingerprint density at radius 3 is 2.50 bits per heavy atom. The summed E-state index contributed by atoms with van der Waals surface area (Å²) in [5, 5.41) is 6.88. The van der Waals surface area contributed by atoms with Gasteiger partial charge in [-0.2, -0.15) is 5.10 Å². The first-order chi connectivity index (χ1) is 12.7. The minimum Gasteiger partial charge on any atom is -0.465 e. The highest BCUT2D eigenvalue weighted by molar-refractivity contribution is 6.13. The quantitative estimate of drug-likeness (QED) is 0.758. The molecule has 1 atom stereocenters. The molecule has 0 bridgehead atoms. The number of carbonyl (C=O) groups is 1. The average molecular weight is 346 g/mol. The number of ether oxygens (including phenoxy) is 1. The fourth-order valence-corrected chi connectivity index (χ4v) is 3.79. The summed E-state index contributed by atoms with van der Waals surface area (Å²) in [6.45, 7) is 2.23. The van der Waals surface area contributed by atoms with Crippen molar-refractivity contribution in [3.63, 3.8) is 0 Å². The van der Waals surface area contributed by atoms with Gasteiger partial charge < -0.3 is 4.74 Å². The lowest BCUT2D eigenvalue weighted by Gasteiger charge is -2.34. The Morgan fingerprint density at radius 2 is 1.81 bits per heavy atom. The van der Waals surface area contributed by atoms with Gasteiger partial charge >= 0.3 is 5.97 Å². The highest BCUT2D eigenvalue weighted by atomic mass is 16.5. The monoisotopic (exact) mass is 346 g/mol. The zero-order valence-corrected chi connectivity index (χ0v) is 14.9. The van der Waals surface area contributed by atoms with E-state index in [0.717, 1.165) is 41.9 Å². The first-order valence-electron chi connectivity index (χ1n) is 9.13. The van der Waals surface area contributed by atoms with Crippen molar-refractivity contribution in [1.82, 2.24) is 0 Å². The predicted octanol–water partition coefficient (Wildman–Crippen LogP) is 4.64. The fourth-order valence-electron chi connectivity index (χ4n) is 3.79. The van der Waals surface area contributed by atoms with Crippen LogP contribution in [0.2, 0.25) is 0 Å². The first kappa shape index (κ1) is 16.6. The lowest BCUT2D eigenvalue weighted by molar-refractivity contribution is -0.148. The Labute approximate surface area is 153 Å².